The Labute approximate surface area is 98.6 Å². The highest BCUT2D eigenvalue weighted by Crippen LogP contribution is 2.31. The molecule has 0 aromatic heterocycles. The lowest BCUT2D eigenvalue weighted by molar-refractivity contribution is -0.384. The minimum Gasteiger partial charge on any atom is -0.506 e. The second-order valence-corrected chi connectivity index (χ2v) is 3.88. The maximum Gasteiger partial charge on any atom is 0.273 e. The number of nitrogens with zero attached hydrogens (tertiary/aromatic N) is 2. The largest absolute Gasteiger partial charge is 0.506 e. The molecule has 2 rings (SSSR count). The third-order valence-corrected chi connectivity index (χ3v) is 2.73. The molecule has 6 nitrogen and oxygen atoms in total. The van der Waals surface area contributed by atoms with Gasteiger partial charge in [0.05, 0.1) is 23.3 Å². The average molecular weight is 238 g/mol. The summed E-state index contributed by atoms with van der Waals surface area (Å²) in [5.74, 6) is -0.0545. The molecule has 1 aromatic carbocycles. The van der Waals surface area contributed by atoms with Crippen LogP contribution in [-0.2, 0) is 4.74 Å². The number of rotatable bonds is 2. The van der Waals surface area contributed by atoms with Gasteiger partial charge in [-0.3, -0.25) is 10.1 Å². The number of ether oxygens (including phenoxy) is 1. The van der Waals surface area contributed by atoms with E-state index in [9.17, 15) is 15.2 Å². The topological polar surface area (TPSA) is 75.8 Å². The van der Waals surface area contributed by atoms with Crippen LogP contribution in [0.15, 0.2) is 18.2 Å². The summed E-state index contributed by atoms with van der Waals surface area (Å²) in [7, 11) is 0. The van der Waals surface area contributed by atoms with Gasteiger partial charge in [0, 0.05) is 25.8 Å². The number of anilines is 1. The number of hydrogen-bond donors (Lipinski definition) is 1. The molecule has 0 saturated carbocycles. The molecule has 1 aromatic rings. The van der Waals surface area contributed by atoms with Crippen LogP contribution < -0.4 is 4.90 Å². The summed E-state index contributed by atoms with van der Waals surface area (Å²) in [5.41, 5.74) is 0.526. The quantitative estimate of drug-likeness (QED) is 0.624. The predicted molar refractivity (Wildman–Crippen MR) is 62.4 cm³/mol. The van der Waals surface area contributed by atoms with Gasteiger partial charge >= 0.3 is 0 Å². The second-order valence-electron chi connectivity index (χ2n) is 3.88. The van der Waals surface area contributed by atoms with E-state index in [2.05, 4.69) is 0 Å². The van der Waals surface area contributed by atoms with Crippen molar-refractivity contribution in [3.63, 3.8) is 0 Å². The first kappa shape index (κ1) is 11.7. The summed E-state index contributed by atoms with van der Waals surface area (Å²) in [5, 5.41) is 20.4. The highest BCUT2D eigenvalue weighted by molar-refractivity contribution is 5.61. The lowest BCUT2D eigenvalue weighted by atomic mass is 10.2. The third-order valence-electron chi connectivity index (χ3n) is 2.73. The fourth-order valence-corrected chi connectivity index (χ4v) is 1.88. The summed E-state index contributed by atoms with van der Waals surface area (Å²) >= 11 is 0. The van der Waals surface area contributed by atoms with Crippen LogP contribution in [0.25, 0.3) is 0 Å². The Kier molecular flexibility index (Phi) is 3.43. The van der Waals surface area contributed by atoms with Crippen LogP contribution in [0.3, 0.4) is 0 Å². The number of nitro benzene ring substituents is 1. The monoisotopic (exact) mass is 238 g/mol. The van der Waals surface area contributed by atoms with E-state index in [4.69, 9.17) is 4.74 Å². The van der Waals surface area contributed by atoms with E-state index < -0.39 is 4.92 Å². The highest BCUT2D eigenvalue weighted by Gasteiger charge is 2.16. The number of benzene rings is 1. The Bertz CT molecular complexity index is 414. The molecule has 0 unspecified atom stereocenters. The van der Waals surface area contributed by atoms with Gasteiger partial charge in [0.25, 0.3) is 5.69 Å². The van der Waals surface area contributed by atoms with Crippen LogP contribution in [0.5, 0.6) is 5.75 Å². The van der Waals surface area contributed by atoms with Gasteiger partial charge in [-0.1, -0.05) is 0 Å². The second kappa shape index (κ2) is 5.01. The minimum absolute atomic E-state index is 0.0545. The van der Waals surface area contributed by atoms with Crippen molar-refractivity contribution in [2.75, 3.05) is 31.2 Å². The number of phenolic OH excluding ortho intramolecular Hbond substituents is 1. The van der Waals surface area contributed by atoms with E-state index in [-0.39, 0.29) is 11.4 Å². The summed E-state index contributed by atoms with van der Waals surface area (Å²) in [6.07, 6.45) is 0.885. The normalized spacial score (nSPS) is 16.6. The first-order valence-electron chi connectivity index (χ1n) is 5.48. The minimum atomic E-state index is -0.519. The third kappa shape index (κ3) is 2.65. The van der Waals surface area contributed by atoms with Crippen molar-refractivity contribution in [3.8, 4) is 5.75 Å². The SMILES string of the molecule is O=[N+]([O-])c1ccc(N2CCCOCC2)c(O)c1. The molecule has 0 radical (unpaired) electrons. The zero-order valence-electron chi connectivity index (χ0n) is 9.33. The number of aromatic hydroxyl groups is 1. The Morgan fingerprint density at radius 1 is 1.35 bits per heavy atom. The van der Waals surface area contributed by atoms with E-state index in [0.29, 0.717) is 25.4 Å². The summed E-state index contributed by atoms with van der Waals surface area (Å²) < 4.78 is 5.32. The number of phenols is 1. The molecule has 1 heterocycles. The Balaban J connectivity index is 2.22. The van der Waals surface area contributed by atoms with Gasteiger partial charge in [-0.15, -0.1) is 0 Å². The van der Waals surface area contributed by atoms with Crippen molar-refractivity contribution in [1.29, 1.82) is 0 Å². The molecule has 0 bridgehead atoms. The molecule has 0 spiro atoms. The number of non-ortho nitro benzene ring substituents is 1. The molecule has 1 aliphatic rings. The Morgan fingerprint density at radius 2 is 2.18 bits per heavy atom. The van der Waals surface area contributed by atoms with Crippen molar-refractivity contribution in [2.24, 2.45) is 0 Å². The molecule has 1 aliphatic heterocycles. The summed E-state index contributed by atoms with van der Waals surface area (Å²) in [6, 6.07) is 4.17. The van der Waals surface area contributed by atoms with Crippen molar-refractivity contribution < 1.29 is 14.8 Å². The molecule has 6 heteroatoms. The molecule has 0 aliphatic carbocycles. The molecule has 0 atom stereocenters. The predicted octanol–water partition coefficient (Wildman–Crippen LogP) is 1.53. The first-order chi connectivity index (χ1) is 8.18. The summed E-state index contributed by atoms with van der Waals surface area (Å²) in [6.45, 7) is 2.79. The van der Waals surface area contributed by atoms with E-state index in [0.717, 1.165) is 13.0 Å². The van der Waals surface area contributed by atoms with Gasteiger partial charge in [-0.05, 0) is 12.5 Å². The zero-order valence-corrected chi connectivity index (χ0v) is 9.33. The van der Waals surface area contributed by atoms with Crippen LogP contribution in [0.1, 0.15) is 6.42 Å². The van der Waals surface area contributed by atoms with Gasteiger partial charge in [-0.25, -0.2) is 0 Å². The molecule has 1 N–H and O–H groups in total. The fourth-order valence-electron chi connectivity index (χ4n) is 1.88. The molecular weight excluding hydrogens is 224 g/mol. The van der Waals surface area contributed by atoms with Crippen LogP contribution >= 0.6 is 0 Å². The van der Waals surface area contributed by atoms with Crippen LogP contribution in [0, 0.1) is 10.1 Å². The van der Waals surface area contributed by atoms with Crippen LogP contribution in [0.4, 0.5) is 11.4 Å². The van der Waals surface area contributed by atoms with E-state index >= 15 is 0 Å². The lowest BCUT2D eigenvalue weighted by Crippen LogP contribution is -2.25. The maximum absolute atomic E-state index is 10.6. The fraction of sp³-hybridized carbons (Fsp3) is 0.455. The first-order valence-corrected chi connectivity index (χ1v) is 5.48. The van der Waals surface area contributed by atoms with E-state index in [1.165, 1.54) is 12.1 Å². The van der Waals surface area contributed by atoms with Crippen molar-refractivity contribution >= 4 is 11.4 Å². The van der Waals surface area contributed by atoms with E-state index in [1.807, 2.05) is 4.90 Å². The summed E-state index contributed by atoms with van der Waals surface area (Å²) in [4.78, 5) is 12.0. The molecule has 92 valence electrons. The van der Waals surface area contributed by atoms with E-state index in [1.54, 1.807) is 6.07 Å². The van der Waals surface area contributed by atoms with Gasteiger partial charge in [-0.2, -0.15) is 0 Å². The van der Waals surface area contributed by atoms with Gasteiger partial charge in [0.1, 0.15) is 5.75 Å². The van der Waals surface area contributed by atoms with Crippen LogP contribution in [0.2, 0.25) is 0 Å². The zero-order chi connectivity index (χ0) is 12.3. The molecular formula is C11H14N2O4. The van der Waals surface area contributed by atoms with Crippen molar-refractivity contribution in [2.45, 2.75) is 6.42 Å². The highest BCUT2D eigenvalue weighted by atomic mass is 16.6. The van der Waals surface area contributed by atoms with Crippen molar-refractivity contribution in [1.82, 2.24) is 0 Å². The molecule has 17 heavy (non-hydrogen) atoms. The van der Waals surface area contributed by atoms with Crippen molar-refractivity contribution in [3.05, 3.63) is 28.3 Å². The molecule has 1 saturated heterocycles. The lowest BCUT2D eigenvalue weighted by Gasteiger charge is -2.22. The average Bonchev–Trinajstić information content (AvgIpc) is 2.57. The molecule has 0 amide bonds. The van der Waals surface area contributed by atoms with Gasteiger partial charge in [0.15, 0.2) is 0 Å². The van der Waals surface area contributed by atoms with Gasteiger partial charge in [0.2, 0.25) is 0 Å². The number of hydrogen-bond acceptors (Lipinski definition) is 5. The van der Waals surface area contributed by atoms with Crippen LogP contribution in [-0.4, -0.2) is 36.3 Å². The van der Waals surface area contributed by atoms with Gasteiger partial charge < -0.3 is 14.7 Å². The smallest absolute Gasteiger partial charge is 0.273 e. The maximum atomic E-state index is 10.6. The number of nitro groups is 1. The standard InChI is InChI=1S/C11H14N2O4/c14-11-8-9(13(15)16)2-3-10(11)12-4-1-6-17-7-5-12/h2-3,8,14H,1,4-7H2. The molecule has 1 fully saturated rings. The Morgan fingerprint density at radius 3 is 2.88 bits per heavy atom. The Hall–Kier alpha value is -1.82.